The van der Waals surface area contributed by atoms with E-state index in [-0.39, 0.29) is 5.75 Å². The molecule has 1 aliphatic heterocycles. The molecule has 0 bridgehead atoms. The first-order chi connectivity index (χ1) is 8.16. The highest BCUT2D eigenvalue weighted by Crippen LogP contribution is 2.29. The van der Waals surface area contributed by atoms with Crippen LogP contribution in [-0.2, 0) is 11.3 Å². The number of anilines is 1. The summed E-state index contributed by atoms with van der Waals surface area (Å²) in [5.74, 6) is 0.670. The Balaban J connectivity index is 2.03. The summed E-state index contributed by atoms with van der Waals surface area (Å²) in [4.78, 5) is 10.5. The maximum atomic E-state index is 10.5. The van der Waals surface area contributed by atoms with E-state index in [1.807, 2.05) is 16.3 Å². The molecule has 0 aromatic carbocycles. The van der Waals surface area contributed by atoms with Gasteiger partial charge in [-0.2, -0.15) is 11.8 Å². The molecular weight excluding hydrogens is 260 g/mol. The van der Waals surface area contributed by atoms with Crippen molar-refractivity contribution >= 4 is 35.4 Å². The molecule has 8 heteroatoms. The molecule has 0 aliphatic carbocycles. The van der Waals surface area contributed by atoms with E-state index >= 15 is 0 Å². The lowest BCUT2D eigenvalue weighted by molar-refractivity contribution is -0.133. The summed E-state index contributed by atoms with van der Waals surface area (Å²) in [7, 11) is 0. The van der Waals surface area contributed by atoms with Gasteiger partial charge in [0.05, 0.1) is 5.75 Å². The number of nitrogen functional groups attached to an aromatic ring is 1. The molecule has 0 spiro atoms. The van der Waals surface area contributed by atoms with E-state index in [9.17, 15) is 4.79 Å². The Morgan fingerprint density at radius 1 is 1.65 bits per heavy atom. The Bertz CT molecular complexity index is 404. The van der Waals surface area contributed by atoms with Crippen LogP contribution >= 0.6 is 23.5 Å². The van der Waals surface area contributed by atoms with Crippen LogP contribution in [0.4, 0.5) is 5.95 Å². The summed E-state index contributed by atoms with van der Waals surface area (Å²) in [6.07, 6.45) is 2.40. The van der Waals surface area contributed by atoms with Crippen LogP contribution in [0.5, 0.6) is 0 Å². The molecule has 1 aliphatic rings. The van der Waals surface area contributed by atoms with Crippen molar-refractivity contribution in [3.63, 3.8) is 0 Å². The second kappa shape index (κ2) is 5.63. The number of hydrogen-bond donors (Lipinski definition) is 2. The van der Waals surface area contributed by atoms with Crippen molar-refractivity contribution in [1.29, 1.82) is 0 Å². The van der Waals surface area contributed by atoms with E-state index in [1.165, 1.54) is 18.6 Å². The van der Waals surface area contributed by atoms with Crippen LogP contribution in [0, 0.1) is 0 Å². The number of carboxylic acid groups (broad SMARTS) is 1. The van der Waals surface area contributed by atoms with E-state index < -0.39 is 5.97 Å². The third-order valence-electron chi connectivity index (χ3n) is 2.48. The Kier molecular flexibility index (Phi) is 4.16. The van der Waals surface area contributed by atoms with Gasteiger partial charge in [0.15, 0.2) is 5.16 Å². The van der Waals surface area contributed by atoms with Crippen molar-refractivity contribution in [2.45, 2.75) is 29.8 Å². The molecule has 0 amide bonds. The van der Waals surface area contributed by atoms with E-state index in [2.05, 4.69) is 10.2 Å². The van der Waals surface area contributed by atoms with Crippen molar-refractivity contribution in [3.05, 3.63) is 0 Å². The first-order valence-corrected chi connectivity index (χ1v) is 7.35. The standard InChI is InChI=1S/C9H14N4O2S2/c10-8-11-12-9(17-5-7(14)15)13(8)4-6-2-1-3-16-6/h6H,1-5H2,(H2,10,11)(H,14,15). The summed E-state index contributed by atoms with van der Waals surface area (Å²) < 4.78 is 1.82. The molecule has 1 fully saturated rings. The first kappa shape index (κ1) is 12.6. The quantitative estimate of drug-likeness (QED) is 0.771. The lowest BCUT2D eigenvalue weighted by atomic mass is 10.2. The monoisotopic (exact) mass is 274 g/mol. The molecular formula is C9H14N4O2S2. The fourth-order valence-corrected chi connectivity index (χ4v) is 3.63. The molecule has 2 heterocycles. The first-order valence-electron chi connectivity index (χ1n) is 5.31. The van der Waals surface area contributed by atoms with Crippen LogP contribution in [0.15, 0.2) is 5.16 Å². The van der Waals surface area contributed by atoms with Gasteiger partial charge in [-0.25, -0.2) is 0 Å². The number of rotatable bonds is 5. The minimum Gasteiger partial charge on any atom is -0.481 e. The molecule has 1 aromatic heterocycles. The predicted octanol–water partition coefficient (Wildman–Crippen LogP) is 0.933. The fourth-order valence-electron chi connectivity index (χ4n) is 1.70. The van der Waals surface area contributed by atoms with Gasteiger partial charge < -0.3 is 10.8 Å². The van der Waals surface area contributed by atoms with Gasteiger partial charge in [0, 0.05) is 11.8 Å². The molecule has 1 aromatic rings. The molecule has 2 rings (SSSR count). The smallest absolute Gasteiger partial charge is 0.313 e. The van der Waals surface area contributed by atoms with Crippen LogP contribution < -0.4 is 5.73 Å². The van der Waals surface area contributed by atoms with Gasteiger partial charge >= 0.3 is 5.97 Å². The maximum absolute atomic E-state index is 10.5. The highest BCUT2D eigenvalue weighted by molar-refractivity contribution is 8.00. The maximum Gasteiger partial charge on any atom is 0.313 e. The number of carboxylic acids is 1. The molecule has 0 radical (unpaired) electrons. The number of nitrogens with zero attached hydrogens (tertiary/aromatic N) is 3. The average Bonchev–Trinajstić information content (AvgIpc) is 2.89. The van der Waals surface area contributed by atoms with E-state index in [4.69, 9.17) is 10.8 Å². The molecule has 94 valence electrons. The van der Waals surface area contributed by atoms with Gasteiger partial charge in [-0.1, -0.05) is 11.8 Å². The van der Waals surface area contributed by atoms with Gasteiger partial charge in [-0.15, -0.1) is 10.2 Å². The minimum absolute atomic E-state index is 0.0179. The van der Waals surface area contributed by atoms with Crippen LogP contribution in [-0.4, -0.2) is 42.6 Å². The largest absolute Gasteiger partial charge is 0.481 e. The topological polar surface area (TPSA) is 94.0 Å². The highest BCUT2D eigenvalue weighted by Gasteiger charge is 2.20. The highest BCUT2D eigenvalue weighted by atomic mass is 32.2. The van der Waals surface area contributed by atoms with Crippen LogP contribution in [0.3, 0.4) is 0 Å². The number of carbonyl (C=O) groups is 1. The second-order valence-corrected chi connectivity index (χ2v) is 6.12. The Morgan fingerprint density at radius 3 is 3.12 bits per heavy atom. The lowest BCUT2D eigenvalue weighted by Crippen LogP contribution is -2.14. The van der Waals surface area contributed by atoms with Crippen LogP contribution in [0.25, 0.3) is 0 Å². The lowest BCUT2D eigenvalue weighted by Gasteiger charge is -2.11. The summed E-state index contributed by atoms with van der Waals surface area (Å²) in [6, 6.07) is 0. The SMILES string of the molecule is Nc1nnc(SCC(=O)O)n1CC1CCCS1. The van der Waals surface area contributed by atoms with Gasteiger partial charge in [-0.05, 0) is 18.6 Å². The molecule has 1 saturated heterocycles. The van der Waals surface area contributed by atoms with Crippen molar-refractivity contribution in [2.24, 2.45) is 0 Å². The number of aromatic nitrogens is 3. The third-order valence-corrected chi connectivity index (χ3v) is 4.81. The molecule has 0 saturated carbocycles. The van der Waals surface area contributed by atoms with Gasteiger partial charge in [0.1, 0.15) is 0 Å². The summed E-state index contributed by atoms with van der Waals surface area (Å²) in [5, 5.41) is 17.5. The molecule has 1 unspecified atom stereocenters. The zero-order valence-electron chi connectivity index (χ0n) is 9.20. The van der Waals surface area contributed by atoms with E-state index in [0.29, 0.717) is 16.4 Å². The van der Waals surface area contributed by atoms with E-state index in [0.717, 1.165) is 18.3 Å². The predicted molar refractivity (Wildman–Crippen MR) is 68.3 cm³/mol. The Labute approximate surface area is 107 Å². The van der Waals surface area contributed by atoms with Crippen molar-refractivity contribution in [2.75, 3.05) is 17.2 Å². The van der Waals surface area contributed by atoms with Crippen molar-refractivity contribution < 1.29 is 9.90 Å². The Hall–Kier alpha value is -0.890. The number of nitrogens with two attached hydrogens (primary N) is 1. The summed E-state index contributed by atoms with van der Waals surface area (Å²) in [5.41, 5.74) is 5.75. The molecule has 17 heavy (non-hydrogen) atoms. The second-order valence-electron chi connectivity index (χ2n) is 3.77. The van der Waals surface area contributed by atoms with Crippen molar-refractivity contribution in [1.82, 2.24) is 14.8 Å². The minimum atomic E-state index is -0.863. The number of thioether (sulfide) groups is 2. The van der Waals surface area contributed by atoms with Gasteiger partial charge in [0.2, 0.25) is 5.95 Å². The fraction of sp³-hybridized carbons (Fsp3) is 0.667. The van der Waals surface area contributed by atoms with Gasteiger partial charge in [-0.3, -0.25) is 9.36 Å². The Morgan fingerprint density at radius 2 is 2.47 bits per heavy atom. The zero-order chi connectivity index (χ0) is 12.3. The summed E-state index contributed by atoms with van der Waals surface area (Å²) >= 11 is 3.08. The average molecular weight is 274 g/mol. The number of aliphatic carboxylic acids is 1. The van der Waals surface area contributed by atoms with Gasteiger partial charge in [0.25, 0.3) is 0 Å². The molecule has 1 atom stereocenters. The summed E-state index contributed by atoms with van der Waals surface area (Å²) in [6.45, 7) is 0.769. The van der Waals surface area contributed by atoms with Crippen LogP contribution in [0.1, 0.15) is 12.8 Å². The normalized spacial score (nSPS) is 19.6. The molecule has 3 N–H and O–H groups in total. The van der Waals surface area contributed by atoms with E-state index in [1.54, 1.807) is 0 Å². The molecule has 6 nitrogen and oxygen atoms in total. The van der Waals surface area contributed by atoms with Crippen molar-refractivity contribution in [3.8, 4) is 0 Å². The van der Waals surface area contributed by atoms with Crippen LogP contribution in [0.2, 0.25) is 0 Å². The third kappa shape index (κ3) is 3.29. The number of hydrogen-bond acceptors (Lipinski definition) is 6. The zero-order valence-corrected chi connectivity index (χ0v) is 10.8.